The van der Waals surface area contributed by atoms with Crippen LogP contribution >= 0.6 is 0 Å². The predicted molar refractivity (Wildman–Crippen MR) is 60.5 cm³/mol. The quantitative estimate of drug-likeness (QED) is 0.809. The molecule has 2 heteroatoms. The van der Waals surface area contributed by atoms with Gasteiger partial charge in [-0.25, -0.2) is 4.39 Å². The third-order valence-electron chi connectivity index (χ3n) is 2.76. The molecular weight excluding hydrogens is 191 g/mol. The number of benzene rings is 1. The number of aryl methyl sites for hydroxylation is 2. The van der Waals surface area contributed by atoms with Gasteiger partial charge in [0.2, 0.25) is 0 Å². The Balaban J connectivity index is 2.77. The highest BCUT2D eigenvalue weighted by Crippen LogP contribution is 2.18. The maximum Gasteiger partial charge on any atom is 0.126 e. The van der Waals surface area contributed by atoms with E-state index in [1.54, 1.807) is 6.07 Å². The molecule has 0 spiro atoms. The molecule has 1 aromatic carbocycles. The molecule has 0 aliphatic rings. The summed E-state index contributed by atoms with van der Waals surface area (Å²) in [6.45, 7) is 5.74. The molecule has 0 aromatic heterocycles. The molecule has 0 aliphatic carbocycles. The molecule has 0 radical (unpaired) electrons. The van der Waals surface area contributed by atoms with Gasteiger partial charge in [0.05, 0.1) is 6.10 Å². The Morgan fingerprint density at radius 2 is 2.00 bits per heavy atom. The van der Waals surface area contributed by atoms with Gasteiger partial charge < -0.3 is 5.11 Å². The van der Waals surface area contributed by atoms with Gasteiger partial charge in [0.1, 0.15) is 5.82 Å². The lowest BCUT2D eigenvalue weighted by atomic mass is 9.99. The number of halogens is 1. The van der Waals surface area contributed by atoms with E-state index in [0.717, 1.165) is 23.1 Å². The maximum atomic E-state index is 13.6. The number of rotatable bonds is 4. The van der Waals surface area contributed by atoms with Crippen LogP contribution in [0.4, 0.5) is 4.39 Å². The molecule has 0 bridgehead atoms. The first-order valence-corrected chi connectivity index (χ1v) is 5.48. The molecule has 0 saturated heterocycles. The van der Waals surface area contributed by atoms with Gasteiger partial charge in [0.25, 0.3) is 0 Å². The number of aliphatic hydroxyl groups excluding tert-OH is 1. The molecular formula is C13H19FO. The average Bonchev–Trinajstić information content (AvgIpc) is 2.15. The van der Waals surface area contributed by atoms with Gasteiger partial charge >= 0.3 is 0 Å². The second-order valence-electron chi connectivity index (χ2n) is 4.14. The van der Waals surface area contributed by atoms with Gasteiger partial charge in [0.15, 0.2) is 0 Å². The normalized spacial score (nSPS) is 12.9. The Bertz CT molecular complexity index is 310. The van der Waals surface area contributed by atoms with E-state index in [0.29, 0.717) is 12.8 Å². The topological polar surface area (TPSA) is 20.2 Å². The summed E-state index contributed by atoms with van der Waals surface area (Å²) in [5.74, 6) is -0.143. The fourth-order valence-electron chi connectivity index (χ4n) is 1.78. The van der Waals surface area contributed by atoms with E-state index in [1.807, 2.05) is 26.8 Å². The second-order valence-corrected chi connectivity index (χ2v) is 4.14. The third kappa shape index (κ3) is 3.31. The largest absolute Gasteiger partial charge is 0.393 e. The Hall–Kier alpha value is -0.890. The highest BCUT2D eigenvalue weighted by molar-refractivity contribution is 5.32. The Labute approximate surface area is 90.9 Å². The molecule has 0 heterocycles. The van der Waals surface area contributed by atoms with E-state index in [2.05, 4.69) is 0 Å². The van der Waals surface area contributed by atoms with Crippen LogP contribution in [-0.2, 0) is 6.42 Å². The molecule has 1 N–H and O–H groups in total. The Morgan fingerprint density at radius 1 is 1.33 bits per heavy atom. The minimum absolute atomic E-state index is 0.143. The van der Waals surface area contributed by atoms with E-state index in [4.69, 9.17) is 0 Å². The first-order valence-electron chi connectivity index (χ1n) is 5.48. The summed E-state index contributed by atoms with van der Waals surface area (Å²) in [5.41, 5.74) is 2.67. The third-order valence-corrected chi connectivity index (χ3v) is 2.76. The summed E-state index contributed by atoms with van der Waals surface area (Å²) < 4.78 is 13.6. The van der Waals surface area contributed by atoms with Gasteiger partial charge in [-0.3, -0.25) is 0 Å². The molecule has 0 fully saturated rings. The van der Waals surface area contributed by atoms with Crippen molar-refractivity contribution < 1.29 is 9.50 Å². The van der Waals surface area contributed by atoms with E-state index in [-0.39, 0.29) is 11.9 Å². The molecule has 0 aliphatic heterocycles. The van der Waals surface area contributed by atoms with Gasteiger partial charge in [-0.1, -0.05) is 13.0 Å². The van der Waals surface area contributed by atoms with Crippen LogP contribution in [0.3, 0.4) is 0 Å². The van der Waals surface area contributed by atoms with Crippen LogP contribution in [0.5, 0.6) is 0 Å². The van der Waals surface area contributed by atoms with E-state index >= 15 is 0 Å². The summed E-state index contributed by atoms with van der Waals surface area (Å²) in [6, 6.07) is 3.54. The van der Waals surface area contributed by atoms with Crippen molar-refractivity contribution in [2.24, 2.45) is 0 Å². The van der Waals surface area contributed by atoms with E-state index < -0.39 is 0 Å². The first kappa shape index (κ1) is 12.2. The summed E-state index contributed by atoms with van der Waals surface area (Å²) in [4.78, 5) is 0. The maximum absolute atomic E-state index is 13.6. The van der Waals surface area contributed by atoms with Crippen molar-refractivity contribution in [1.29, 1.82) is 0 Å². The summed E-state index contributed by atoms with van der Waals surface area (Å²) in [5, 5.41) is 9.43. The van der Waals surface area contributed by atoms with Crippen LogP contribution in [0, 0.1) is 19.7 Å². The molecule has 15 heavy (non-hydrogen) atoms. The zero-order chi connectivity index (χ0) is 11.4. The van der Waals surface area contributed by atoms with Crippen molar-refractivity contribution in [3.8, 4) is 0 Å². The second kappa shape index (κ2) is 5.26. The minimum atomic E-state index is -0.315. The fourth-order valence-corrected chi connectivity index (χ4v) is 1.78. The van der Waals surface area contributed by atoms with Gasteiger partial charge in [0, 0.05) is 0 Å². The Morgan fingerprint density at radius 3 is 2.53 bits per heavy atom. The molecule has 1 unspecified atom stereocenters. The monoisotopic (exact) mass is 210 g/mol. The smallest absolute Gasteiger partial charge is 0.126 e. The molecule has 1 nitrogen and oxygen atoms in total. The van der Waals surface area contributed by atoms with Gasteiger partial charge in [-0.2, -0.15) is 0 Å². The zero-order valence-electron chi connectivity index (χ0n) is 9.68. The molecule has 1 rings (SSSR count). The molecule has 1 atom stereocenters. The van der Waals surface area contributed by atoms with Gasteiger partial charge in [-0.15, -0.1) is 0 Å². The van der Waals surface area contributed by atoms with Crippen molar-refractivity contribution in [2.45, 2.75) is 46.1 Å². The van der Waals surface area contributed by atoms with Crippen LogP contribution in [0.2, 0.25) is 0 Å². The number of aliphatic hydroxyl groups is 1. The average molecular weight is 210 g/mol. The summed E-state index contributed by atoms with van der Waals surface area (Å²) >= 11 is 0. The van der Waals surface area contributed by atoms with Crippen LogP contribution in [-0.4, -0.2) is 11.2 Å². The summed E-state index contributed by atoms with van der Waals surface area (Å²) in [7, 11) is 0. The lowest BCUT2D eigenvalue weighted by Crippen LogP contribution is -2.07. The fraction of sp³-hybridized carbons (Fsp3) is 0.538. The molecule has 1 aromatic rings. The van der Waals surface area contributed by atoms with Crippen molar-refractivity contribution >= 4 is 0 Å². The standard InChI is InChI=1S/C13H19FO/c1-4-11(15)5-6-12-10(3)7-9(2)8-13(12)14/h7-8,11,15H,4-6H2,1-3H3. The van der Waals surface area contributed by atoms with Crippen LogP contribution in [0.15, 0.2) is 12.1 Å². The SMILES string of the molecule is CCC(O)CCc1c(C)cc(C)cc1F. The highest BCUT2D eigenvalue weighted by atomic mass is 19.1. The minimum Gasteiger partial charge on any atom is -0.393 e. The van der Waals surface area contributed by atoms with E-state index in [1.165, 1.54) is 0 Å². The van der Waals surface area contributed by atoms with Crippen molar-refractivity contribution in [1.82, 2.24) is 0 Å². The predicted octanol–water partition coefficient (Wildman–Crippen LogP) is 3.15. The first-order chi connectivity index (χ1) is 7.04. The summed E-state index contributed by atoms with van der Waals surface area (Å²) in [6.07, 6.45) is 1.67. The van der Waals surface area contributed by atoms with Crippen LogP contribution in [0.1, 0.15) is 36.5 Å². The highest BCUT2D eigenvalue weighted by Gasteiger charge is 2.09. The zero-order valence-corrected chi connectivity index (χ0v) is 9.68. The molecule has 84 valence electrons. The number of hydrogen-bond acceptors (Lipinski definition) is 1. The van der Waals surface area contributed by atoms with Crippen LogP contribution in [0.25, 0.3) is 0 Å². The number of hydrogen-bond donors (Lipinski definition) is 1. The van der Waals surface area contributed by atoms with Gasteiger partial charge in [-0.05, 0) is 55.9 Å². The lowest BCUT2D eigenvalue weighted by Gasteiger charge is -2.11. The van der Waals surface area contributed by atoms with Crippen LogP contribution < -0.4 is 0 Å². The van der Waals surface area contributed by atoms with Crippen molar-refractivity contribution in [3.63, 3.8) is 0 Å². The van der Waals surface area contributed by atoms with E-state index in [9.17, 15) is 9.50 Å². The Kier molecular flexibility index (Phi) is 4.28. The van der Waals surface area contributed by atoms with Crippen molar-refractivity contribution in [3.05, 3.63) is 34.6 Å². The molecule has 0 saturated carbocycles. The lowest BCUT2D eigenvalue weighted by molar-refractivity contribution is 0.160. The van der Waals surface area contributed by atoms with Crippen molar-refractivity contribution in [2.75, 3.05) is 0 Å². The molecule has 0 amide bonds.